The minimum absolute atomic E-state index is 0.0229. The van der Waals surface area contributed by atoms with E-state index >= 15 is 0 Å². The number of aryl methyl sites for hydroxylation is 1. The van der Waals surface area contributed by atoms with Crippen LogP contribution in [-0.2, 0) is 4.79 Å². The molecule has 1 aliphatic rings. The summed E-state index contributed by atoms with van der Waals surface area (Å²) < 4.78 is 1.93. The summed E-state index contributed by atoms with van der Waals surface area (Å²) in [5, 5.41) is 5.73. The predicted octanol–water partition coefficient (Wildman–Crippen LogP) is 4.46. The fraction of sp³-hybridized carbons (Fsp3) is 0.250. The number of nitrogens with two attached hydrogens (primary N) is 1. The number of nitrogen functional groups attached to an aromatic ring is 1. The maximum atomic E-state index is 12.2. The lowest BCUT2D eigenvalue weighted by Crippen LogP contribution is -2.40. The summed E-state index contributed by atoms with van der Waals surface area (Å²) in [5.41, 5.74) is 10.2. The Hall–Kier alpha value is -3.52. The van der Waals surface area contributed by atoms with E-state index < -0.39 is 0 Å². The standard InChI is InChI=1S/C24H24N6OS/c1-3-20(31)29-12-4-5-17(13-29)30-24-21(23(25)26-14-27-24)22(28-30)19-11-10-18(32-19)16-8-6-15(2)7-9-16/h3,6-11,14,17H,1,4-5,12-13H2,2H3,(H2,25,26,27)/t17-/m1/s1. The first-order valence-corrected chi connectivity index (χ1v) is 11.4. The highest BCUT2D eigenvalue weighted by Gasteiger charge is 2.28. The first-order valence-electron chi connectivity index (χ1n) is 10.6. The van der Waals surface area contributed by atoms with E-state index in [1.165, 1.54) is 28.4 Å². The van der Waals surface area contributed by atoms with Crippen LogP contribution in [0.25, 0.3) is 32.0 Å². The molecule has 7 nitrogen and oxygen atoms in total. The van der Waals surface area contributed by atoms with Gasteiger partial charge in [0.15, 0.2) is 5.65 Å². The third-order valence-corrected chi connectivity index (χ3v) is 7.06. The quantitative estimate of drug-likeness (QED) is 0.469. The van der Waals surface area contributed by atoms with Crippen LogP contribution in [0.3, 0.4) is 0 Å². The van der Waals surface area contributed by atoms with Crippen molar-refractivity contribution in [3.63, 3.8) is 0 Å². The van der Waals surface area contributed by atoms with Gasteiger partial charge in [0.05, 0.1) is 16.3 Å². The van der Waals surface area contributed by atoms with E-state index in [-0.39, 0.29) is 11.9 Å². The lowest BCUT2D eigenvalue weighted by Gasteiger charge is -2.32. The Morgan fingerprint density at radius 1 is 1.19 bits per heavy atom. The van der Waals surface area contributed by atoms with Crippen molar-refractivity contribution in [1.82, 2.24) is 24.6 Å². The van der Waals surface area contributed by atoms with Crippen molar-refractivity contribution < 1.29 is 4.79 Å². The van der Waals surface area contributed by atoms with Crippen molar-refractivity contribution >= 4 is 34.1 Å². The number of anilines is 1. The lowest BCUT2D eigenvalue weighted by atomic mass is 10.1. The SMILES string of the molecule is C=CC(=O)N1CCC[C@@H](n2nc(-c3ccc(-c4ccc(C)cc4)s3)c3c(N)ncnc32)C1. The van der Waals surface area contributed by atoms with E-state index in [0.29, 0.717) is 18.0 Å². The molecule has 0 saturated carbocycles. The number of hydrogen-bond donors (Lipinski definition) is 1. The zero-order valence-electron chi connectivity index (χ0n) is 17.9. The zero-order chi connectivity index (χ0) is 22.2. The molecule has 1 fully saturated rings. The Bertz CT molecular complexity index is 1310. The Morgan fingerprint density at radius 2 is 1.97 bits per heavy atom. The van der Waals surface area contributed by atoms with Crippen LogP contribution in [0, 0.1) is 6.92 Å². The number of benzene rings is 1. The molecular formula is C24H24N6OS. The number of nitrogens with zero attached hydrogens (tertiary/aromatic N) is 5. The molecule has 0 radical (unpaired) electrons. The molecule has 0 aliphatic carbocycles. The molecule has 1 saturated heterocycles. The molecule has 0 bridgehead atoms. The average molecular weight is 445 g/mol. The largest absolute Gasteiger partial charge is 0.383 e. The molecule has 8 heteroatoms. The number of fused-ring (bicyclic) bond motifs is 1. The normalized spacial score (nSPS) is 16.4. The minimum Gasteiger partial charge on any atom is -0.383 e. The summed E-state index contributed by atoms with van der Waals surface area (Å²) in [7, 11) is 0. The summed E-state index contributed by atoms with van der Waals surface area (Å²) in [4.78, 5) is 24.9. The molecule has 0 spiro atoms. The van der Waals surface area contributed by atoms with E-state index in [9.17, 15) is 4.79 Å². The van der Waals surface area contributed by atoms with Crippen LogP contribution in [0.5, 0.6) is 0 Å². The Morgan fingerprint density at radius 3 is 2.75 bits per heavy atom. The van der Waals surface area contributed by atoms with E-state index in [1.807, 2.05) is 9.58 Å². The number of hydrogen-bond acceptors (Lipinski definition) is 6. The molecule has 1 aliphatic heterocycles. The topological polar surface area (TPSA) is 89.9 Å². The zero-order valence-corrected chi connectivity index (χ0v) is 18.7. The van der Waals surface area contributed by atoms with E-state index in [2.05, 4.69) is 59.9 Å². The number of aromatic nitrogens is 4. The molecule has 1 amide bonds. The van der Waals surface area contributed by atoms with E-state index in [1.54, 1.807) is 11.3 Å². The van der Waals surface area contributed by atoms with E-state index in [4.69, 9.17) is 10.8 Å². The number of thiophene rings is 1. The summed E-state index contributed by atoms with van der Waals surface area (Å²) in [6, 6.07) is 12.7. The lowest BCUT2D eigenvalue weighted by molar-refractivity contribution is -0.127. The molecule has 4 aromatic rings. The second-order valence-electron chi connectivity index (χ2n) is 8.07. The molecule has 0 unspecified atom stereocenters. The van der Waals surface area contributed by atoms with Gasteiger partial charge in [-0.3, -0.25) is 4.79 Å². The summed E-state index contributed by atoms with van der Waals surface area (Å²) in [6.07, 6.45) is 4.66. The van der Waals surface area contributed by atoms with Crippen LogP contribution in [0.2, 0.25) is 0 Å². The van der Waals surface area contributed by atoms with Gasteiger partial charge >= 0.3 is 0 Å². The molecule has 4 heterocycles. The van der Waals surface area contributed by atoms with Gasteiger partial charge in [0.1, 0.15) is 17.8 Å². The van der Waals surface area contributed by atoms with Crippen LogP contribution in [0.15, 0.2) is 55.4 Å². The Labute approximate surface area is 190 Å². The van der Waals surface area contributed by atoms with Gasteiger partial charge in [-0.2, -0.15) is 5.10 Å². The number of carbonyl (C=O) groups is 1. The second kappa shape index (κ2) is 8.20. The highest BCUT2D eigenvalue weighted by Crippen LogP contribution is 2.39. The van der Waals surface area contributed by atoms with Crippen molar-refractivity contribution in [2.24, 2.45) is 0 Å². The number of carbonyl (C=O) groups excluding carboxylic acids is 1. The molecule has 5 rings (SSSR count). The third-order valence-electron chi connectivity index (χ3n) is 5.92. The van der Waals surface area contributed by atoms with Gasteiger partial charge in [-0.1, -0.05) is 36.4 Å². The Balaban J connectivity index is 1.57. The van der Waals surface area contributed by atoms with Gasteiger partial charge in [0, 0.05) is 18.0 Å². The van der Waals surface area contributed by atoms with Crippen molar-refractivity contribution in [1.29, 1.82) is 0 Å². The van der Waals surface area contributed by atoms with Crippen molar-refractivity contribution in [3.8, 4) is 21.0 Å². The van der Waals surface area contributed by atoms with Crippen LogP contribution in [0.4, 0.5) is 5.82 Å². The highest BCUT2D eigenvalue weighted by molar-refractivity contribution is 7.18. The molecule has 32 heavy (non-hydrogen) atoms. The second-order valence-corrected chi connectivity index (χ2v) is 9.15. The van der Waals surface area contributed by atoms with Gasteiger partial charge in [-0.15, -0.1) is 11.3 Å². The van der Waals surface area contributed by atoms with Gasteiger partial charge in [-0.05, 0) is 43.5 Å². The average Bonchev–Trinajstić information content (AvgIpc) is 3.45. The summed E-state index contributed by atoms with van der Waals surface area (Å²) in [5.74, 6) is 0.359. The van der Waals surface area contributed by atoms with Crippen LogP contribution in [-0.4, -0.2) is 43.6 Å². The third kappa shape index (κ3) is 3.56. The Kier molecular flexibility index (Phi) is 5.22. The fourth-order valence-corrected chi connectivity index (χ4v) is 5.25. The first kappa shape index (κ1) is 20.4. The number of likely N-dealkylation sites (tertiary alicyclic amines) is 1. The maximum absolute atomic E-state index is 12.2. The van der Waals surface area contributed by atoms with Crippen LogP contribution < -0.4 is 5.73 Å². The van der Waals surface area contributed by atoms with Crippen LogP contribution >= 0.6 is 11.3 Å². The van der Waals surface area contributed by atoms with E-state index in [0.717, 1.165) is 35.3 Å². The van der Waals surface area contributed by atoms with Gasteiger partial charge in [-0.25, -0.2) is 14.6 Å². The number of piperidine rings is 1. The number of rotatable bonds is 4. The maximum Gasteiger partial charge on any atom is 0.246 e. The molecule has 2 N–H and O–H groups in total. The minimum atomic E-state index is -0.0541. The van der Waals surface area contributed by atoms with Crippen molar-refractivity contribution in [2.75, 3.05) is 18.8 Å². The molecular weight excluding hydrogens is 420 g/mol. The summed E-state index contributed by atoms with van der Waals surface area (Å²) in [6.45, 7) is 7.01. The first-order chi connectivity index (χ1) is 15.5. The van der Waals surface area contributed by atoms with Gasteiger partial charge in [0.2, 0.25) is 5.91 Å². The molecule has 162 valence electrons. The monoisotopic (exact) mass is 444 g/mol. The molecule has 1 atom stereocenters. The van der Waals surface area contributed by atoms with Crippen molar-refractivity contribution in [3.05, 3.63) is 60.9 Å². The van der Waals surface area contributed by atoms with Gasteiger partial charge in [0.25, 0.3) is 0 Å². The smallest absolute Gasteiger partial charge is 0.246 e. The summed E-state index contributed by atoms with van der Waals surface area (Å²) >= 11 is 1.67. The van der Waals surface area contributed by atoms with Crippen molar-refractivity contribution in [2.45, 2.75) is 25.8 Å². The van der Waals surface area contributed by atoms with Crippen LogP contribution in [0.1, 0.15) is 24.4 Å². The highest BCUT2D eigenvalue weighted by atomic mass is 32.1. The molecule has 1 aromatic carbocycles. The van der Waals surface area contributed by atoms with Gasteiger partial charge < -0.3 is 10.6 Å². The number of amides is 1. The fourth-order valence-electron chi connectivity index (χ4n) is 4.24. The molecule has 3 aromatic heterocycles. The predicted molar refractivity (Wildman–Crippen MR) is 128 cm³/mol.